The van der Waals surface area contributed by atoms with Crippen molar-refractivity contribution in [2.45, 2.75) is 13.0 Å². The van der Waals surface area contributed by atoms with E-state index >= 15 is 0 Å². The van der Waals surface area contributed by atoms with Crippen LogP contribution in [-0.2, 0) is 0 Å². The first kappa shape index (κ1) is 16.6. The zero-order valence-corrected chi connectivity index (χ0v) is 14.9. The van der Waals surface area contributed by atoms with Crippen LogP contribution in [0, 0.1) is 0 Å². The summed E-state index contributed by atoms with van der Waals surface area (Å²) in [6.07, 6.45) is 0. The van der Waals surface area contributed by atoms with E-state index in [-0.39, 0.29) is 6.04 Å². The van der Waals surface area contributed by atoms with Crippen LogP contribution in [0.3, 0.4) is 0 Å². The van der Waals surface area contributed by atoms with Crippen molar-refractivity contribution in [3.63, 3.8) is 0 Å². The van der Waals surface area contributed by atoms with Crippen LogP contribution in [0.25, 0.3) is 0 Å². The van der Waals surface area contributed by atoms with Crippen LogP contribution >= 0.6 is 39.1 Å². The molecule has 0 saturated heterocycles. The van der Waals surface area contributed by atoms with Crippen LogP contribution in [0.4, 0.5) is 0 Å². The molecule has 1 unspecified atom stereocenters. The molecule has 2 nitrogen and oxygen atoms in total. The third-order valence-corrected chi connectivity index (χ3v) is 4.19. The summed E-state index contributed by atoms with van der Waals surface area (Å²) in [5, 5.41) is 4.72. The van der Waals surface area contributed by atoms with E-state index in [0.29, 0.717) is 10.0 Å². The van der Waals surface area contributed by atoms with Gasteiger partial charge in [-0.1, -0.05) is 36.2 Å². The molecule has 0 aromatic heterocycles. The fraction of sp³-hybridized carbons (Fsp3) is 0.250. The molecule has 0 fully saturated rings. The fourth-order valence-corrected chi connectivity index (χ4v) is 3.34. The molecular formula is C16H16BrCl2NO. The summed E-state index contributed by atoms with van der Waals surface area (Å²) in [5.74, 6) is 0.804. The summed E-state index contributed by atoms with van der Waals surface area (Å²) in [6, 6.07) is 11.6. The number of benzene rings is 2. The minimum atomic E-state index is 0.0217. The summed E-state index contributed by atoms with van der Waals surface area (Å²) < 4.78 is 6.19. The molecule has 0 radical (unpaired) electrons. The lowest BCUT2D eigenvalue weighted by Crippen LogP contribution is -2.22. The summed E-state index contributed by atoms with van der Waals surface area (Å²) in [7, 11) is 1.65. The maximum Gasteiger partial charge on any atom is 0.133 e. The molecule has 0 bridgehead atoms. The van der Waals surface area contributed by atoms with Crippen molar-refractivity contribution in [1.82, 2.24) is 5.32 Å². The second-order valence-corrected chi connectivity index (χ2v) is 6.31. The minimum absolute atomic E-state index is 0.0217. The van der Waals surface area contributed by atoms with Gasteiger partial charge in [0, 0.05) is 10.0 Å². The average molecular weight is 389 g/mol. The Bertz CT molecular complexity index is 613. The number of rotatable bonds is 5. The molecule has 112 valence electrons. The van der Waals surface area contributed by atoms with Crippen LogP contribution in [0.2, 0.25) is 10.0 Å². The third-order valence-electron chi connectivity index (χ3n) is 3.14. The molecule has 0 aliphatic heterocycles. The topological polar surface area (TPSA) is 21.3 Å². The van der Waals surface area contributed by atoms with Gasteiger partial charge in [0.15, 0.2) is 0 Å². The lowest BCUT2D eigenvalue weighted by Gasteiger charge is -2.20. The van der Waals surface area contributed by atoms with E-state index in [2.05, 4.69) is 28.2 Å². The van der Waals surface area contributed by atoms with Crippen molar-refractivity contribution in [3.8, 4) is 5.75 Å². The van der Waals surface area contributed by atoms with Crippen LogP contribution < -0.4 is 10.1 Å². The maximum absolute atomic E-state index is 6.12. The average Bonchev–Trinajstić information content (AvgIpc) is 2.43. The molecule has 1 N–H and O–H groups in total. The number of nitrogens with one attached hydrogen (secondary N) is 1. The molecule has 0 amide bonds. The highest BCUT2D eigenvalue weighted by Crippen LogP contribution is 2.32. The smallest absolute Gasteiger partial charge is 0.133 e. The van der Waals surface area contributed by atoms with Gasteiger partial charge in [-0.05, 0) is 63.9 Å². The SMILES string of the molecule is CCNC(c1cc(Cl)cc(Cl)c1)c1ccc(OC)c(Br)c1. The predicted octanol–water partition coefficient (Wildman–Crippen LogP) is 5.46. The highest BCUT2D eigenvalue weighted by Gasteiger charge is 2.15. The van der Waals surface area contributed by atoms with Gasteiger partial charge in [0.1, 0.15) is 5.75 Å². The standard InChI is InChI=1S/C16H16BrCl2NO/c1-3-20-16(11-6-12(18)9-13(19)7-11)10-4-5-15(21-2)14(17)8-10/h4-9,16,20H,3H2,1-2H3. The number of methoxy groups -OCH3 is 1. The first-order valence-corrected chi connectivity index (χ1v) is 8.13. The van der Waals surface area contributed by atoms with Crippen LogP contribution in [0.5, 0.6) is 5.75 Å². The van der Waals surface area contributed by atoms with Crippen molar-refractivity contribution in [2.24, 2.45) is 0 Å². The Kier molecular flexibility index (Phi) is 5.94. The van der Waals surface area contributed by atoms with Crippen molar-refractivity contribution in [2.75, 3.05) is 13.7 Å². The van der Waals surface area contributed by atoms with Gasteiger partial charge < -0.3 is 10.1 Å². The summed E-state index contributed by atoms with van der Waals surface area (Å²) in [5.41, 5.74) is 2.15. The van der Waals surface area contributed by atoms with E-state index in [1.165, 1.54) is 0 Å². The fourth-order valence-electron chi connectivity index (χ4n) is 2.24. The molecule has 0 heterocycles. The summed E-state index contributed by atoms with van der Waals surface area (Å²) in [4.78, 5) is 0. The van der Waals surface area contributed by atoms with Crippen molar-refractivity contribution >= 4 is 39.1 Å². The largest absolute Gasteiger partial charge is 0.496 e. The van der Waals surface area contributed by atoms with Crippen molar-refractivity contribution in [1.29, 1.82) is 0 Å². The van der Waals surface area contributed by atoms with Crippen molar-refractivity contribution in [3.05, 3.63) is 62.0 Å². The molecule has 2 aromatic carbocycles. The number of hydrogen-bond donors (Lipinski definition) is 1. The molecule has 2 aromatic rings. The Morgan fingerprint density at radius 3 is 2.29 bits per heavy atom. The molecule has 2 rings (SSSR count). The first-order valence-electron chi connectivity index (χ1n) is 6.58. The molecule has 21 heavy (non-hydrogen) atoms. The second kappa shape index (κ2) is 7.50. The first-order chi connectivity index (χ1) is 10.0. The van der Waals surface area contributed by atoms with Crippen LogP contribution in [0.1, 0.15) is 24.1 Å². The van der Waals surface area contributed by atoms with Gasteiger partial charge in [-0.2, -0.15) is 0 Å². The number of ether oxygens (including phenoxy) is 1. The second-order valence-electron chi connectivity index (χ2n) is 4.59. The van der Waals surface area contributed by atoms with E-state index in [1.807, 2.05) is 30.3 Å². The molecule has 0 spiro atoms. The van der Waals surface area contributed by atoms with E-state index in [1.54, 1.807) is 13.2 Å². The van der Waals surface area contributed by atoms with E-state index in [9.17, 15) is 0 Å². The highest BCUT2D eigenvalue weighted by molar-refractivity contribution is 9.10. The Labute approximate surface area is 143 Å². The Morgan fingerprint density at radius 1 is 1.10 bits per heavy atom. The van der Waals surface area contributed by atoms with Gasteiger partial charge >= 0.3 is 0 Å². The third kappa shape index (κ3) is 4.13. The van der Waals surface area contributed by atoms with Gasteiger partial charge in [0.2, 0.25) is 0 Å². The van der Waals surface area contributed by atoms with Gasteiger partial charge in [0.05, 0.1) is 17.6 Å². The molecule has 1 atom stereocenters. The van der Waals surface area contributed by atoms with Gasteiger partial charge in [-0.25, -0.2) is 0 Å². The molecule has 0 aliphatic rings. The highest BCUT2D eigenvalue weighted by atomic mass is 79.9. The predicted molar refractivity (Wildman–Crippen MR) is 92.7 cm³/mol. The normalized spacial score (nSPS) is 12.2. The van der Waals surface area contributed by atoms with Crippen molar-refractivity contribution < 1.29 is 4.74 Å². The molecule has 0 saturated carbocycles. The van der Waals surface area contributed by atoms with Crippen LogP contribution in [-0.4, -0.2) is 13.7 Å². The van der Waals surface area contributed by atoms with Gasteiger partial charge in [0.25, 0.3) is 0 Å². The summed E-state index contributed by atoms with van der Waals surface area (Å²) in [6.45, 7) is 2.90. The maximum atomic E-state index is 6.12. The monoisotopic (exact) mass is 387 g/mol. The van der Waals surface area contributed by atoms with E-state index < -0.39 is 0 Å². The van der Waals surface area contributed by atoms with Crippen LogP contribution in [0.15, 0.2) is 40.9 Å². The summed E-state index contributed by atoms with van der Waals surface area (Å²) >= 11 is 15.8. The zero-order chi connectivity index (χ0) is 15.4. The Hall–Kier alpha value is -0.740. The van der Waals surface area contributed by atoms with Gasteiger partial charge in [-0.15, -0.1) is 0 Å². The molecule has 0 aliphatic carbocycles. The minimum Gasteiger partial charge on any atom is -0.496 e. The van der Waals surface area contributed by atoms with E-state index in [0.717, 1.165) is 27.9 Å². The Morgan fingerprint density at radius 2 is 1.76 bits per heavy atom. The lowest BCUT2D eigenvalue weighted by atomic mass is 9.98. The zero-order valence-electron chi connectivity index (χ0n) is 11.8. The van der Waals surface area contributed by atoms with E-state index in [4.69, 9.17) is 27.9 Å². The quantitative estimate of drug-likeness (QED) is 0.733. The lowest BCUT2D eigenvalue weighted by molar-refractivity contribution is 0.412. The number of hydrogen-bond acceptors (Lipinski definition) is 2. The molecular weight excluding hydrogens is 373 g/mol. The number of halogens is 3. The molecule has 5 heteroatoms. The van der Waals surface area contributed by atoms with Gasteiger partial charge in [-0.3, -0.25) is 0 Å². The Balaban J connectivity index is 2.45.